The highest BCUT2D eigenvalue weighted by Crippen LogP contribution is 2.41. The van der Waals surface area contributed by atoms with Gasteiger partial charge >= 0.3 is 0 Å². The van der Waals surface area contributed by atoms with E-state index < -0.39 is 17.9 Å². The van der Waals surface area contributed by atoms with Gasteiger partial charge in [-0.1, -0.05) is 84.4 Å². The van der Waals surface area contributed by atoms with Crippen LogP contribution in [-0.4, -0.2) is 34.3 Å². The first-order valence-electron chi connectivity index (χ1n) is 13.8. The van der Waals surface area contributed by atoms with Crippen LogP contribution in [0.2, 0.25) is 5.02 Å². The Morgan fingerprint density at radius 3 is 2.20 bits per heavy atom. The SMILES string of the molecule is CC(C(=O)N(Cc1ccccc1F)C1Cc2ccccc2C1)N1CCc2ccccc2C1c1c(F)cccc1Cl. The summed E-state index contributed by atoms with van der Waals surface area (Å²) in [4.78, 5) is 18.4. The van der Waals surface area contributed by atoms with Gasteiger partial charge in [-0.25, -0.2) is 8.78 Å². The van der Waals surface area contributed by atoms with Gasteiger partial charge in [0.1, 0.15) is 11.6 Å². The van der Waals surface area contributed by atoms with Gasteiger partial charge in [0.2, 0.25) is 5.91 Å². The molecule has 2 unspecified atom stereocenters. The zero-order chi connectivity index (χ0) is 27.8. The van der Waals surface area contributed by atoms with Gasteiger partial charge < -0.3 is 4.90 Å². The molecule has 1 amide bonds. The molecule has 2 aliphatic rings. The molecule has 6 rings (SSSR count). The lowest BCUT2D eigenvalue weighted by Crippen LogP contribution is -2.53. The van der Waals surface area contributed by atoms with Crippen LogP contribution in [-0.2, 0) is 30.6 Å². The molecule has 6 heteroatoms. The van der Waals surface area contributed by atoms with E-state index in [4.69, 9.17) is 11.6 Å². The molecule has 4 aromatic carbocycles. The van der Waals surface area contributed by atoms with Crippen LogP contribution in [0, 0.1) is 11.6 Å². The van der Waals surface area contributed by atoms with Crippen molar-refractivity contribution in [3.8, 4) is 0 Å². The van der Waals surface area contributed by atoms with Crippen LogP contribution in [0.3, 0.4) is 0 Å². The summed E-state index contributed by atoms with van der Waals surface area (Å²) < 4.78 is 30.3. The summed E-state index contributed by atoms with van der Waals surface area (Å²) in [6.45, 7) is 2.62. The Hall–Kier alpha value is -3.54. The Morgan fingerprint density at radius 2 is 1.50 bits per heavy atom. The Kier molecular flexibility index (Phi) is 7.43. The molecular weight excluding hydrogens is 526 g/mol. The zero-order valence-corrected chi connectivity index (χ0v) is 23.1. The van der Waals surface area contributed by atoms with Gasteiger partial charge in [0.15, 0.2) is 0 Å². The Labute approximate surface area is 239 Å². The molecule has 0 saturated carbocycles. The van der Waals surface area contributed by atoms with E-state index in [0.717, 1.165) is 17.5 Å². The quantitative estimate of drug-likeness (QED) is 0.252. The molecule has 0 fully saturated rings. The summed E-state index contributed by atoms with van der Waals surface area (Å²) in [7, 11) is 0. The lowest BCUT2D eigenvalue weighted by Gasteiger charge is -2.43. The summed E-state index contributed by atoms with van der Waals surface area (Å²) in [5, 5.41) is 0.334. The van der Waals surface area contributed by atoms with Crippen LogP contribution in [0.15, 0.2) is 91.0 Å². The first-order chi connectivity index (χ1) is 19.4. The third-order valence-corrected chi connectivity index (χ3v) is 8.83. The minimum Gasteiger partial charge on any atom is -0.333 e. The predicted molar refractivity (Wildman–Crippen MR) is 154 cm³/mol. The fourth-order valence-electron chi connectivity index (χ4n) is 6.43. The standard InChI is InChI=1S/C34H31ClF2N2O/c1-22(38-18-17-23-9-4-6-13-28(23)33(38)32-29(35)14-8-16-31(32)37)34(40)39(21-26-12-5-7-15-30(26)36)27-19-24-10-2-3-11-25(24)20-27/h2-16,22,27,33H,17-21H2,1H3. The highest BCUT2D eigenvalue weighted by molar-refractivity contribution is 6.31. The second-order valence-electron chi connectivity index (χ2n) is 10.8. The van der Waals surface area contributed by atoms with Gasteiger partial charge in [0.05, 0.1) is 12.1 Å². The van der Waals surface area contributed by atoms with E-state index in [0.29, 0.717) is 35.5 Å². The number of hydrogen-bond acceptors (Lipinski definition) is 2. The Balaban J connectivity index is 1.38. The molecule has 0 bridgehead atoms. The van der Waals surface area contributed by atoms with Crippen LogP contribution in [0.25, 0.3) is 0 Å². The molecule has 0 N–H and O–H groups in total. The summed E-state index contributed by atoms with van der Waals surface area (Å²) in [5.74, 6) is -0.822. The van der Waals surface area contributed by atoms with Crippen molar-refractivity contribution >= 4 is 17.5 Å². The van der Waals surface area contributed by atoms with Gasteiger partial charge in [0, 0.05) is 35.3 Å². The molecule has 2 atom stereocenters. The number of benzene rings is 4. The van der Waals surface area contributed by atoms with Crippen LogP contribution < -0.4 is 0 Å². The molecule has 0 saturated heterocycles. The highest BCUT2D eigenvalue weighted by atomic mass is 35.5. The fourth-order valence-corrected chi connectivity index (χ4v) is 6.70. The minimum atomic E-state index is -0.593. The average molecular weight is 557 g/mol. The minimum absolute atomic E-state index is 0.0977. The van der Waals surface area contributed by atoms with E-state index >= 15 is 4.39 Å². The maximum absolute atomic E-state index is 15.4. The summed E-state index contributed by atoms with van der Waals surface area (Å²) >= 11 is 6.62. The smallest absolute Gasteiger partial charge is 0.240 e. The third-order valence-electron chi connectivity index (χ3n) is 8.50. The van der Waals surface area contributed by atoms with Crippen molar-refractivity contribution in [3.05, 3.63) is 141 Å². The number of amides is 1. The Morgan fingerprint density at radius 1 is 0.875 bits per heavy atom. The molecule has 1 aliphatic carbocycles. The molecule has 3 nitrogen and oxygen atoms in total. The van der Waals surface area contributed by atoms with Crippen molar-refractivity contribution in [2.24, 2.45) is 0 Å². The van der Waals surface area contributed by atoms with Crippen LogP contribution in [0.1, 0.15) is 46.3 Å². The average Bonchev–Trinajstić information content (AvgIpc) is 3.40. The first-order valence-corrected chi connectivity index (χ1v) is 14.2. The van der Waals surface area contributed by atoms with Crippen molar-refractivity contribution in [2.75, 3.05) is 6.54 Å². The molecule has 4 aromatic rings. The molecular formula is C34H31ClF2N2O. The second kappa shape index (κ2) is 11.1. The summed E-state index contributed by atoms with van der Waals surface area (Å²) in [5.41, 5.74) is 5.37. The summed E-state index contributed by atoms with van der Waals surface area (Å²) in [6, 6.07) is 26.3. The maximum Gasteiger partial charge on any atom is 0.240 e. The number of carbonyl (C=O) groups excluding carboxylic acids is 1. The monoisotopic (exact) mass is 556 g/mol. The molecule has 1 aliphatic heterocycles. The number of hydrogen-bond donors (Lipinski definition) is 0. The zero-order valence-electron chi connectivity index (χ0n) is 22.4. The van der Waals surface area contributed by atoms with Crippen LogP contribution >= 0.6 is 11.6 Å². The van der Waals surface area contributed by atoms with Crippen molar-refractivity contribution in [1.29, 1.82) is 0 Å². The number of halogens is 3. The molecule has 0 spiro atoms. The third kappa shape index (κ3) is 4.93. The van der Waals surface area contributed by atoms with E-state index in [1.807, 2.05) is 42.2 Å². The fraction of sp³-hybridized carbons (Fsp3) is 0.265. The number of fused-ring (bicyclic) bond motifs is 2. The molecule has 0 aromatic heterocycles. The van der Waals surface area contributed by atoms with E-state index in [9.17, 15) is 9.18 Å². The molecule has 204 valence electrons. The normalized spacial score (nSPS) is 17.8. The molecule has 1 heterocycles. The van der Waals surface area contributed by atoms with Gasteiger partial charge in [-0.3, -0.25) is 9.69 Å². The van der Waals surface area contributed by atoms with E-state index in [2.05, 4.69) is 23.1 Å². The summed E-state index contributed by atoms with van der Waals surface area (Å²) in [6.07, 6.45) is 2.17. The van der Waals surface area contributed by atoms with Gasteiger partial charge in [-0.05, 0) is 66.6 Å². The topological polar surface area (TPSA) is 23.6 Å². The highest BCUT2D eigenvalue weighted by Gasteiger charge is 2.40. The largest absolute Gasteiger partial charge is 0.333 e. The van der Waals surface area contributed by atoms with E-state index in [1.54, 1.807) is 30.3 Å². The van der Waals surface area contributed by atoms with Crippen LogP contribution in [0.5, 0.6) is 0 Å². The van der Waals surface area contributed by atoms with Crippen LogP contribution in [0.4, 0.5) is 8.78 Å². The van der Waals surface area contributed by atoms with Gasteiger partial charge in [0.25, 0.3) is 0 Å². The Bertz CT molecular complexity index is 1510. The second-order valence-corrected chi connectivity index (χ2v) is 11.2. The molecule has 40 heavy (non-hydrogen) atoms. The van der Waals surface area contributed by atoms with E-state index in [-0.39, 0.29) is 24.3 Å². The van der Waals surface area contributed by atoms with Crippen molar-refractivity contribution in [3.63, 3.8) is 0 Å². The lowest BCUT2D eigenvalue weighted by molar-refractivity contribution is -0.140. The number of nitrogens with zero attached hydrogens (tertiary/aromatic N) is 2. The first kappa shape index (κ1) is 26.7. The van der Waals surface area contributed by atoms with Gasteiger partial charge in [-0.2, -0.15) is 0 Å². The maximum atomic E-state index is 15.4. The number of rotatable bonds is 6. The van der Waals surface area contributed by atoms with Crippen molar-refractivity contribution in [1.82, 2.24) is 9.80 Å². The van der Waals surface area contributed by atoms with Crippen molar-refractivity contribution < 1.29 is 13.6 Å². The predicted octanol–water partition coefficient (Wildman–Crippen LogP) is 7.15. The van der Waals surface area contributed by atoms with Gasteiger partial charge in [-0.15, -0.1) is 0 Å². The van der Waals surface area contributed by atoms with Crippen molar-refractivity contribution in [2.45, 2.75) is 50.9 Å². The number of carbonyl (C=O) groups is 1. The molecule has 0 radical (unpaired) electrons. The lowest BCUT2D eigenvalue weighted by atomic mass is 9.86. The van der Waals surface area contributed by atoms with E-state index in [1.165, 1.54) is 23.3 Å².